The zero-order chi connectivity index (χ0) is 16.1. The molecular weight excluding hydrogens is 306 g/mol. The summed E-state index contributed by atoms with van der Waals surface area (Å²) in [6.07, 6.45) is 6.43. The third-order valence-electron chi connectivity index (χ3n) is 4.52. The van der Waals surface area contributed by atoms with E-state index in [2.05, 4.69) is 46.7 Å². The van der Waals surface area contributed by atoms with E-state index >= 15 is 0 Å². The van der Waals surface area contributed by atoms with Gasteiger partial charge in [0.25, 0.3) is 0 Å². The van der Waals surface area contributed by atoms with E-state index in [4.69, 9.17) is 0 Å². The molecule has 5 heteroatoms. The molecule has 1 aliphatic carbocycles. The fourth-order valence-electron chi connectivity index (χ4n) is 3.12. The van der Waals surface area contributed by atoms with Crippen LogP contribution in [0.25, 0.3) is 0 Å². The van der Waals surface area contributed by atoms with E-state index in [1.54, 1.807) is 0 Å². The molecule has 0 unspecified atom stereocenters. The molecule has 3 rings (SSSR count). The number of amides is 1. The van der Waals surface area contributed by atoms with Gasteiger partial charge in [0.15, 0.2) is 0 Å². The van der Waals surface area contributed by atoms with Gasteiger partial charge in [0.1, 0.15) is 5.01 Å². The first-order valence-corrected chi connectivity index (χ1v) is 9.22. The molecule has 1 aromatic carbocycles. The van der Waals surface area contributed by atoms with Gasteiger partial charge < -0.3 is 5.32 Å². The largest absolute Gasteiger partial charge is 0.300 e. The first-order chi connectivity index (χ1) is 11.2. The molecule has 2 aromatic rings. The van der Waals surface area contributed by atoms with E-state index in [-0.39, 0.29) is 11.8 Å². The lowest BCUT2D eigenvalue weighted by Gasteiger charge is -2.19. The predicted molar refractivity (Wildman–Crippen MR) is 93.7 cm³/mol. The summed E-state index contributed by atoms with van der Waals surface area (Å²) in [4.78, 5) is 12.2. The average Bonchev–Trinajstić information content (AvgIpc) is 3.03. The molecule has 4 nitrogen and oxygen atoms in total. The van der Waals surface area contributed by atoms with Crippen LogP contribution in [0.4, 0.5) is 5.13 Å². The SMILES string of the molecule is C[C@H](Cc1nnc(NC(=O)C2CCCCC2)s1)c1ccccc1. The molecule has 1 amide bonds. The highest BCUT2D eigenvalue weighted by atomic mass is 32.1. The van der Waals surface area contributed by atoms with Gasteiger partial charge in [-0.3, -0.25) is 4.79 Å². The van der Waals surface area contributed by atoms with Gasteiger partial charge in [-0.25, -0.2) is 0 Å². The Hall–Kier alpha value is -1.75. The monoisotopic (exact) mass is 329 g/mol. The van der Waals surface area contributed by atoms with Crippen LogP contribution in [0.1, 0.15) is 55.5 Å². The van der Waals surface area contributed by atoms with Gasteiger partial charge in [-0.2, -0.15) is 0 Å². The third kappa shape index (κ3) is 4.38. The second-order valence-corrected chi connectivity index (χ2v) is 7.40. The van der Waals surface area contributed by atoms with Crippen LogP contribution in [0.2, 0.25) is 0 Å². The summed E-state index contributed by atoms with van der Waals surface area (Å²) in [5.74, 6) is 0.661. The molecular formula is C18H23N3OS. The Morgan fingerprint density at radius 2 is 1.96 bits per heavy atom. The van der Waals surface area contributed by atoms with Crippen LogP contribution in [-0.4, -0.2) is 16.1 Å². The summed E-state index contributed by atoms with van der Waals surface area (Å²) >= 11 is 1.49. The smallest absolute Gasteiger partial charge is 0.229 e. The van der Waals surface area contributed by atoms with Gasteiger partial charge in [0.05, 0.1) is 0 Å². The summed E-state index contributed by atoms with van der Waals surface area (Å²) in [5.41, 5.74) is 1.30. The summed E-state index contributed by atoms with van der Waals surface area (Å²) in [6.45, 7) is 2.19. The van der Waals surface area contributed by atoms with Crippen molar-refractivity contribution in [3.05, 3.63) is 40.9 Å². The standard InChI is InChI=1S/C18H23N3OS/c1-13(14-8-4-2-5-9-14)12-16-20-21-18(23-16)19-17(22)15-10-6-3-7-11-15/h2,4-5,8-9,13,15H,3,6-7,10-12H2,1H3,(H,19,21,22)/t13-/m1/s1. The molecule has 1 heterocycles. The van der Waals surface area contributed by atoms with E-state index in [1.807, 2.05) is 6.07 Å². The van der Waals surface area contributed by atoms with E-state index in [0.29, 0.717) is 11.0 Å². The van der Waals surface area contributed by atoms with Crippen molar-refractivity contribution in [2.24, 2.45) is 5.92 Å². The lowest BCUT2D eigenvalue weighted by Crippen LogP contribution is -2.24. The fraction of sp³-hybridized carbons (Fsp3) is 0.500. The highest BCUT2D eigenvalue weighted by Gasteiger charge is 2.22. The van der Waals surface area contributed by atoms with Crippen molar-refractivity contribution >= 4 is 22.4 Å². The van der Waals surface area contributed by atoms with Crippen LogP contribution in [0.3, 0.4) is 0 Å². The molecule has 0 bridgehead atoms. The normalized spacial score (nSPS) is 16.9. The van der Waals surface area contributed by atoms with Crippen LogP contribution in [0.5, 0.6) is 0 Å². The number of hydrogen-bond donors (Lipinski definition) is 1. The van der Waals surface area contributed by atoms with E-state index in [1.165, 1.54) is 23.3 Å². The Labute approximate surface area is 141 Å². The van der Waals surface area contributed by atoms with Gasteiger partial charge in [0, 0.05) is 12.3 Å². The number of hydrogen-bond acceptors (Lipinski definition) is 4. The maximum atomic E-state index is 12.2. The van der Waals surface area contributed by atoms with Gasteiger partial charge in [-0.05, 0) is 24.3 Å². The summed E-state index contributed by atoms with van der Waals surface area (Å²) in [5, 5.41) is 12.9. The van der Waals surface area contributed by atoms with Crippen molar-refractivity contribution in [1.29, 1.82) is 0 Å². The minimum Gasteiger partial charge on any atom is -0.300 e. The van der Waals surface area contributed by atoms with Gasteiger partial charge in [0.2, 0.25) is 11.0 Å². The first-order valence-electron chi connectivity index (χ1n) is 8.40. The van der Waals surface area contributed by atoms with Crippen molar-refractivity contribution in [2.75, 3.05) is 5.32 Å². The van der Waals surface area contributed by atoms with Crippen LogP contribution < -0.4 is 5.32 Å². The molecule has 1 saturated carbocycles. The molecule has 122 valence electrons. The van der Waals surface area contributed by atoms with Crippen LogP contribution in [0, 0.1) is 5.92 Å². The number of aromatic nitrogens is 2. The summed E-state index contributed by atoms with van der Waals surface area (Å²) < 4.78 is 0. The Kier molecular flexibility index (Phi) is 5.39. The minimum atomic E-state index is 0.114. The van der Waals surface area contributed by atoms with Crippen LogP contribution in [0.15, 0.2) is 30.3 Å². The van der Waals surface area contributed by atoms with Crippen molar-refractivity contribution in [3.8, 4) is 0 Å². The zero-order valence-corrected chi connectivity index (χ0v) is 14.3. The summed E-state index contributed by atoms with van der Waals surface area (Å²) in [7, 11) is 0. The summed E-state index contributed by atoms with van der Waals surface area (Å²) in [6, 6.07) is 10.4. The molecule has 23 heavy (non-hydrogen) atoms. The first kappa shape index (κ1) is 16.1. The van der Waals surface area contributed by atoms with E-state index in [9.17, 15) is 4.79 Å². The number of anilines is 1. The minimum absolute atomic E-state index is 0.114. The van der Waals surface area contributed by atoms with Crippen molar-refractivity contribution in [1.82, 2.24) is 10.2 Å². The average molecular weight is 329 g/mol. The highest BCUT2D eigenvalue weighted by Crippen LogP contribution is 2.27. The van der Waals surface area contributed by atoms with Crippen molar-refractivity contribution in [2.45, 2.75) is 51.4 Å². The second-order valence-electron chi connectivity index (χ2n) is 6.34. The van der Waals surface area contributed by atoms with Crippen LogP contribution in [-0.2, 0) is 11.2 Å². The Morgan fingerprint density at radius 1 is 1.22 bits per heavy atom. The zero-order valence-electron chi connectivity index (χ0n) is 13.5. The maximum Gasteiger partial charge on any atom is 0.229 e. The number of nitrogens with zero attached hydrogens (tertiary/aromatic N) is 2. The molecule has 0 spiro atoms. The third-order valence-corrected chi connectivity index (χ3v) is 5.38. The van der Waals surface area contributed by atoms with Crippen molar-refractivity contribution in [3.63, 3.8) is 0 Å². The van der Waals surface area contributed by atoms with E-state index < -0.39 is 0 Å². The lowest BCUT2D eigenvalue weighted by atomic mass is 9.89. The van der Waals surface area contributed by atoms with E-state index in [0.717, 1.165) is 37.1 Å². The number of nitrogens with one attached hydrogen (secondary N) is 1. The Bertz CT molecular complexity index is 635. The fourth-order valence-corrected chi connectivity index (χ4v) is 3.99. The van der Waals surface area contributed by atoms with Gasteiger partial charge >= 0.3 is 0 Å². The second kappa shape index (κ2) is 7.68. The quantitative estimate of drug-likeness (QED) is 0.884. The number of carbonyl (C=O) groups excluding carboxylic acids is 1. The molecule has 1 atom stereocenters. The maximum absolute atomic E-state index is 12.2. The number of carbonyl (C=O) groups is 1. The molecule has 0 radical (unpaired) electrons. The lowest BCUT2D eigenvalue weighted by molar-refractivity contribution is -0.120. The molecule has 1 aromatic heterocycles. The topological polar surface area (TPSA) is 54.9 Å². The number of benzene rings is 1. The molecule has 0 saturated heterocycles. The molecule has 0 aliphatic heterocycles. The van der Waals surface area contributed by atoms with Crippen molar-refractivity contribution < 1.29 is 4.79 Å². The van der Waals surface area contributed by atoms with Gasteiger partial charge in [-0.15, -0.1) is 10.2 Å². The number of rotatable bonds is 5. The molecule has 1 N–H and O–H groups in total. The molecule has 1 fully saturated rings. The van der Waals surface area contributed by atoms with Gasteiger partial charge in [-0.1, -0.05) is 67.9 Å². The Balaban J connectivity index is 1.56. The predicted octanol–water partition coefficient (Wildman–Crippen LogP) is 4.40. The highest BCUT2D eigenvalue weighted by molar-refractivity contribution is 7.15. The Morgan fingerprint density at radius 3 is 2.70 bits per heavy atom. The molecule has 1 aliphatic rings. The van der Waals surface area contributed by atoms with Crippen LogP contribution >= 0.6 is 11.3 Å².